The number of carbonyl (C=O) groups excluding carboxylic acids is 1. The largest absolute Gasteiger partial charge is 0.368 e. The second-order valence-corrected chi connectivity index (χ2v) is 8.89. The predicted octanol–water partition coefficient (Wildman–Crippen LogP) is 4.17. The quantitative estimate of drug-likeness (QED) is 0.820. The molecular weight excluding hydrogens is 378 g/mol. The molecule has 1 N–H and O–H groups in total. The highest BCUT2D eigenvalue weighted by Gasteiger charge is 2.26. The molecule has 0 unspecified atom stereocenters. The van der Waals surface area contributed by atoms with Crippen molar-refractivity contribution in [2.75, 3.05) is 31.1 Å². The second kappa shape index (κ2) is 8.66. The molecule has 1 aliphatic heterocycles. The van der Waals surface area contributed by atoms with Crippen molar-refractivity contribution in [3.8, 4) is 11.4 Å². The van der Waals surface area contributed by atoms with Crippen LogP contribution in [-0.2, 0) is 0 Å². The minimum Gasteiger partial charge on any atom is -0.368 e. The molecule has 7 nitrogen and oxygen atoms in total. The Morgan fingerprint density at radius 1 is 0.933 bits per heavy atom. The van der Waals surface area contributed by atoms with Gasteiger partial charge in [0.05, 0.1) is 0 Å². The molecule has 0 atom stereocenters. The number of carbonyl (C=O) groups is 1. The number of piperazine rings is 1. The average Bonchev–Trinajstić information content (AvgIpc) is 3.23. The van der Waals surface area contributed by atoms with E-state index in [1.807, 2.05) is 4.90 Å². The molecule has 2 heterocycles. The van der Waals surface area contributed by atoms with Gasteiger partial charge in [-0.25, -0.2) is 4.79 Å². The van der Waals surface area contributed by atoms with Crippen molar-refractivity contribution >= 4 is 11.7 Å². The van der Waals surface area contributed by atoms with Crippen LogP contribution in [0, 0.1) is 0 Å². The Balaban J connectivity index is 1.14. The van der Waals surface area contributed by atoms with Crippen LogP contribution in [0.15, 0.2) is 28.8 Å². The lowest BCUT2D eigenvalue weighted by atomic mass is 9.85. The lowest BCUT2D eigenvalue weighted by Crippen LogP contribution is -2.53. The van der Waals surface area contributed by atoms with Gasteiger partial charge in [0.1, 0.15) is 0 Å². The minimum atomic E-state index is 0.108. The maximum Gasteiger partial charge on any atom is 0.317 e. The number of hydrogen-bond acceptors (Lipinski definition) is 5. The number of amides is 2. The molecule has 30 heavy (non-hydrogen) atoms. The van der Waals surface area contributed by atoms with E-state index in [-0.39, 0.29) is 6.03 Å². The van der Waals surface area contributed by atoms with E-state index in [9.17, 15) is 4.79 Å². The van der Waals surface area contributed by atoms with Gasteiger partial charge in [0.25, 0.3) is 0 Å². The number of benzene rings is 1. The number of nitrogens with one attached hydrogen (secondary N) is 1. The number of anilines is 1. The molecule has 160 valence electrons. The summed E-state index contributed by atoms with van der Waals surface area (Å²) in [7, 11) is 0. The van der Waals surface area contributed by atoms with Crippen molar-refractivity contribution in [3.63, 3.8) is 0 Å². The van der Waals surface area contributed by atoms with E-state index in [1.165, 1.54) is 31.4 Å². The van der Waals surface area contributed by atoms with Gasteiger partial charge in [-0.2, -0.15) is 4.98 Å². The van der Waals surface area contributed by atoms with Crippen molar-refractivity contribution in [3.05, 3.63) is 30.2 Å². The smallest absolute Gasteiger partial charge is 0.317 e. The summed E-state index contributed by atoms with van der Waals surface area (Å²) in [6.45, 7) is 3.22. The van der Waals surface area contributed by atoms with Crippen LogP contribution in [0.3, 0.4) is 0 Å². The molecule has 7 heteroatoms. The lowest BCUT2D eigenvalue weighted by molar-refractivity contribution is 0.186. The number of urea groups is 1. The molecule has 3 fully saturated rings. The molecule has 0 radical (unpaired) electrons. The summed E-state index contributed by atoms with van der Waals surface area (Å²) in [6.07, 6.45) is 9.60. The van der Waals surface area contributed by atoms with E-state index in [2.05, 4.69) is 44.6 Å². The molecule has 5 rings (SSSR count). The van der Waals surface area contributed by atoms with Crippen LogP contribution < -0.4 is 10.2 Å². The van der Waals surface area contributed by atoms with E-state index in [4.69, 9.17) is 4.52 Å². The van der Waals surface area contributed by atoms with Crippen LogP contribution in [0.25, 0.3) is 11.4 Å². The number of hydrogen-bond donors (Lipinski definition) is 1. The number of aromatic nitrogens is 2. The van der Waals surface area contributed by atoms with Gasteiger partial charge in [-0.3, -0.25) is 0 Å². The first-order chi connectivity index (χ1) is 14.8. The molecule has 0 bridgehead atoms. The zero-order valence-electron chi connectivity index (χ0n) is 17.6. The number of rotatable bonds is 4. The second-order valence-electron chi connectivity index (χ2n) is 8.89. The third-order valence-electron chi connectivity index (χ3n) is 6.89. The van der Waals surface area contributed by atoms with Crippen LogP contribution in [0.1, 0.15) is 63.2 Å². The maximum absolute atomic E-state index is 12.6. The van der Waals surface area contributed by atoms with Crippen LogP contribution in [0.5, 0.6) is 0 Å². The van der Waals surface area contributed by atoms with Crippen molar-refractivity contribution in [1.82, 2.24) is 20.4 Å². The average molecular weight is 410 g/mol. The van der Waals surface area contributed by atoms with Crippen molar-refractivity contribution in [2.45, 2.75) is 63.3 Å². The zero-order chi connectivity index (χ0) is 20.3. The van der Waals surface area contributed by atoms with Crippen molar-refractivity contribution < 1.29 is 9.32 Å². The molecule has 1 saturated heterocycles. The first-order valence-electron chi connectivity index (χ1n) is 11.5. The fourth-order valence-corrected chi connectivity index (χ4v) is 4.68. The summed E-state index contributed by atoms with van der Waals surface area (Å²) < 4.78 is 5.44. The summed E-state index contributed by atoms with van der Waals surface area (Å²) >= 11 is 0. The summed E-state index contributed by atoms with van der Waals surface area (Å²) in [5.41, 5.74) is 2.16. The van der Waals surface area contributed by atoms with Gasteiger partial charge in [-0.15, -0.1) is 0 Å². The Labute approximate surface area is 177 Å². The summed E-state index contributed by atoms with van der Waals surface area (Å²) in [4.78, 5) is 21.4. The Kier molecular flexibility index (Phi) is 5.60. The van der Waals surface area contributed by atoms with Gasteiger partial charge in [0.15, 0.2) is 0 Å². The van der Waals surface area contributed by atoms with E-state index >= 15 is 0 Å². The molecular formula is C23H31N5O2. The van der Waals surface area contributed by atoms with Crippen LogP contribution in [0.4, 0.5) is 10.5 Å². The summed E-state index contributed by atoms with van der Waals surface area (Å²) in [5, 5.41) is 7.39. The number of nitrogens with zero attached hydrogens (tertiary/aromatic N) is 4. The van der Waals surface area contributed by atoms with E-state index < -0.39 is 0 Å². The first-order valence-corrected chi connectivity index (χ1v) is 11.5. The zero-order valence-corrected chi connectivity index (χ0v) is 17.6. The van der Waals surface area contributed by atoms with Gasteiger partial charge >= 0.3 is 6.03 Å². The molecule has 0 spiro atoms. The topological polar surface area (TPSA) is 74.5 Å². The Morgan fingerprint density at radius 2 is 1.67 bits per heavy atom. The molecule has 1 aromatic heterocycles. The third kappa shape index (κ3) is 4.16. The summed E-state index contributed by atoms with van der Waals surface area (Å²) in [6, 6.07) is 8.83. The SMILES string of the molecule is O=C(NC1CCCCC1)N1CCN(c2ccc(-c3noc(C4CCC4)n3)cc2)CC1. The minimum absolute atomic E-state index is 0.108. The Hall–Kier alpha value is -2.57. The predicted molar refractivity (Wildman–Crippen MR) is 116 cm³/mol. The molecule has 2 saturated carbocycles. The van der Waals surface area contributed by atoms with Gasteiger partial charge in [0.2, 0.25) is 11.7 Å². The van der Waals surface area contributed by atoms with Gasteiger partial charge in [0, 0.05) is 49.4 Å². The molecule has 2 amide bonds. The highest BCUT2D eigenvalue weighted by atomic mass is 16.5. The van der Waals surface area contributed by atoms with Crippen molar-refractivity contribution in [1.29, 1.82) is 0 Å². The Bertz CT molecular complexity index is 847. The lowest BCUT2D eigenvalue weighted by Gasteiger charge is -2.37. The van der Waals surface area contributed by atoms with Crippen LogP contribution in [-0.4, -0.2) is 53.3 Å². The molecule has 1 aromatic carbocycles. The fraction of sp³-hybridized carbons (Fsp3) is 0.609. The van der Waals surface area contributed by atoms with Crippen molar-refractivity contribution in [2.24, 2.45) is 0 Å². The third-order valence-corrected chi connectivity index (χ3v) is 6.89. The molecule has 2 aromatic rings. The Morgan fingerprint density at radius 3 is 2.33 bits per heavy atom. The maximum atomic E-state index is 12.6. The van der Waals surface area contributed by atoms with Gasteiger partial charge < -0.3 is 19.6 Å². The van der Waals surface area contributed by atoms with E-state index in [0.717, 1.165) is 63.3 Å². The monoisotopic (exact) mass is 409 g/mol. The van der Waals surface area contributed by atoms with Crippen LogP contribution in [0.2, 0.25) is 0 Å². The highest BCUT2D eigenvalue weighted by molar-refractivity contribution is 5.75. The van der Waals surface area contributed by atoms with Gasteiger partial charge in [-0.05, 0) is 49.9 Å². The first kappa shape index (κ1) is 19.4. The normalized spacial score (nSPS) is 20.8. The van der Waals surface area contributed by atoms with E-state index in [0.29, 0.717) is 17.8 Å². The highest BCUT2D eigenvalue weighted by Crippen LogP contribution is 2.36. The van der Waals surface area contributed by atoms with E-state index in [1.54, 1.807) is 0 Å². The molecule has 3 aliphatic rings. The van der Waals surface area contributed by atoms with Crippen LogP contribution >= 0.6 is 0 Å². The fourth-order valence-electron chi connectivity index (χ4n) is 4.68. The van der Waals surface area contributed by atoms with Gasteiger partial charge in [-0.1, -0.05) is 30.8 Å². The molecule has 2 aliphatic carbocycles. The standard InChI is InChI=1S/C23H31N5O2/c29-23(24-19-7-2-1-3-8-19)28-15-13-27(14-16-28)20-11-9-17(10-12-20)21-25-22(30-26-21)18-5-4-6-18/h9-12,18-19H,1-8,13-16H2,(H,24,29). The summed E-state index contributed by atoms with van der Waals surface area (Å²) in [5.74, 6) is 1.91.